The summed E-state index contributed by atoms with van der Waals surface area (Å²) in [4.78, 5) is 14.0. The number of allylic oxidation sites excluding steroid dienone is 1. The van der Waals surface area contributed by atoms with E-state index in [1.165, 1.54) is 4.68 Å². The highest BCUT2D eigenvalue weighted by atomic mass is 35.5. The molecule has 6 heteroatoms. The molecule has 2 N–H and O–H groups in total. The van der Waals surface area contributed by atoms with Gasteiger partial charge in [0.05, 0.1) is 18.4 Å². The van der Waals surface area contributed by atoms with E-state index in [0.717, 1.165) is 25.9 Å². The fourth-order valence-corrected chi connectivity index (χ4v) is 2.34. The first-order valence-electron chi connectivity index (χ1n) is 6.00. The van der Waals surface area contributed by atoms with E-state index in [9.17, 15) is 4.79 Å². The number of nitrogens with zero attached hydrogens (tertiary/aromatic N) is 3. The van der Waals surface area contributed by atoms with Crippen LogP contribution in [0.3, 0.4) is 0 Å². The Morgan fingerprint density at radius 3 is 2.83 bits per heavy atom. The number of anilines is 1. The van der Waals surface area contributed by atoms with Crippen LogP contribution in [0.2, 0.25) is 5.02 Å². The van der Waals surface area contributed by atoms with Crippen molar-refractivity contribution in [3.8, 4) is 0 Å². The van der Waals surface area contributed by atoms with Crippen molar-refractivity contribution >= 4 is 17.3 Å². The summed E-state index contributed by atoms with van der Waals surface area (Å²) in [6.45, 7) is 5.57. The molecule has 1 aliphatic rings. The summed E-state index contributed by atoms with van der Waals surface area (Å²) < 4.78 is 1.30. The summed E-state index contributed by atoms with van der Waals surface area (Å²) in [6.07, 6.45) is 5.08. The monoisotopic (exact) mass is 268 g/mol. The predicted molar refractivity (Wildman–Crippen MR) is 73.1 cm³/mol. The summed E-state index contributed by atoms with van der Waals surface area (Å²) in [5.74, 6) is 0. The van der Waals surface area contributed by atoms with E-state index in [2.05, 4.69) is 16.6 Å². The number of hydrogen-bond donors (Lipinski definition) is 1. The standard InChI is InChI=1S/C12H17ClN4O/c1-2-5-17-12(18)11(13)10(8-15-17)16-6-3-9(14)4-7-16/h2,8-9H,1,3-7,14H2. The van der Waals surface area contributed by atoms with Gasteiger partial charge in [-0.15, -0.1) is 6.58 Å². The molecular weight excluding hydrogens is 252 g/mol. The molecule has 0 radical (unpaired) electrons. The van der Waals surface area contributed by atoms with Crippen LogP contribution in [0.5, 0.6) is 0 Å². The Bertz CT molecular complexity index is 491. The molecular formula is C12H17ClN4O. The molecule has 0 bridgehead atoms. The summed E-state index contributed by atoms with van der Waals surface area (Å²) in [5.41, 5.74) is 6.28. The van der Waals surface area contributed by atoms with Crippen LogP contribution in [0.1, 0.15) is 12.8 Å². The van der Waals surface area contributed by atoms with Crippen molar-refractivity contribution in [1.29, 1.82) is 0 Å². The van der Waals surface area contributed by atoms with Crippen LogP contribution < -0.4 is 16.2 Å². The van der Waals surface area contributed by atoms with Crippen molar-refractivity contribution in [2.45, 2.75) is 25.4 Å². The van der Waals surface area contributed by atoms with Crippen LogP contribution in [0.15, 0.2) is 23.6 Å². The minimum absolute atomic E-state index is 0.224. The third-order valence-electron chi connectivity index (χ3n) is 3.15. The molecule has 1 aliphatic heterocycles. The lowest BCUT2D eigenvalue weighted by Crippen LogP contribution is -2.40. The molecule has 0 amide bonds. The number of aromatic nitrogens is 2. The maximum atomic E-state index is 12.0. The Morgan fingerprint density at radius 2 is 2.22 bits per heavy atom. The first-order chi connectivity index (χ1) is 8.63. The molecule has 18 heavy (non-hydrogen) atoms. The Hall–Kier alpha value is -1.33. The Kier molecular flexibility index (Phi) is 4.04. The average Bonchev–Trinajstić information content (AvgIpc) is 2.37. The fourth-order valence-electron chi connectivity index (χ4n) is 2.07. The first-order valence-corrected chi connectivity index (χ1v) is 6.38. The molecule has 0 spiro atoms. The van der Waals surface area contributed by atoms with Gasteiger partial charge in [-0.25, -0.2) is 4.68 Å². The van der Waals surface area contributed by atoms with Gasteiger partial charge in [0.15, 0.2) is 0 Å². The number of piperidine rings is 1. The smallest absolute Gasteiger partial charge is 0.287 e. The molecule has 0 atom stereocenters. The van der Waals surface area contributed by atoms with Crippen LogP contribution in [0, 0.1) is 0 Å². The van der Waals surface area contributed by atoms with Crippen molar-refractivity contribution in [3.05, 3.63) is 34.2 Å². The molecule has 2 heterocycles. The lowest BCUT2D eigenvalue weighted by molar-refractivity contribution is 0.499. The lowest BCUT2D eigenvalue weighted by atomic mass is 10.1. The van der Waals surface area contributed by atoms with Gasteiger partial charge in [0.1, 0.15) is 5.02 Å². The summed E-state index contributed by atoms with van der Waals surface area (Å²) in [6, 6.07) is 0.245. The van der Waals surface area contributed by atoms with Gasteiger partial charge in [-0.1, -0.05) is 17.7 Å². The molecule has 5 nitrogen and oxygen atoms in total. The van der Waals surface area contributed by atoms with Crippen LogP contribution >= 0.6 is 11.6 Å². The highest BCUT2D eigenvalue weighted by Gasteiger charge is 2.20. The number of hydrogen-bond acceptors (Lipinski definition) is 4. The molecule has 1 aromatic heterocycles. The molecule has 0 aliphatic carbocycles. The normalized spacial score (nSPS) is 16.9. The van der Waals surface area contributed by atoms with E-state index < -0.39 is 0 Å². The first kappa shape index (κ1) is 13.1. The topological polar surface area (TPSA) is 64.2 Å². The zero-order valence-corrected chi connectivity index (χ0v) is 10.9. The highest BCUT2D eigenvalue weighted by molar-refractivity contribution is 6.33. The second-order valence-corrected chi connectivity index (χ2v) is 4.82. The molecule has 0 saturated carbocycles. The Labute approximate surface area is 111 Å². The van der Waals surface area contributed by atoms with E-state index in [-0.39, 0.29) is 16.6 Å². The van der Waals surface area contributed by atoms with Gasteiger partial charge >= 0.3 is 0 Å². The van der Waals surface area contributed by atoms with E-state index >= 15 is 0 Å². The molecule has 2 rings (SSSR count). The third kappa shape index (κ3) is 2.57. The maximum absolute atomic E-state index is 12.0. The molecule has 0 aromatic carbocycles. The van der Waals surface area contributed by atoms with Crippen LogP contribution in [0.4, 0.5) is 5.69 Å². The maximum Gasteiger partial charge on any atom is 0.287 e. The second-order valence-electron chi connectivity index (χ2n) is 4.44. The van der Waals surface area contributed by atoms with Crippen LogP contribution in [0.25, 0.3) is 0 Å². The molecule has 0 unspecified atom stereocenters. The van der Waals surface area contributed by atoms with Gasteiger partial charge in [0.2, 0.25) is 0 Å². The zero-order valence-electron chi connectivity index (χ0n) is 10.2. The van der Waals surface area contributed by atoms with E-state index in [0.29, 0.717) is 12.2 Å². The molecule has 98 valence electrons. The SMILES string of the molecule is C=CCn1ncc(N2CCC(N)CC2)c(Cl)c1=O. The van der Waals surface area contributed by atoms with Gasteiger partial charge in [-0.2, -0.15) is 5.10 Å². The number of nitrogens with two attached hydrogens (primary N) is 1. The van der Waals surface area contributed by atoms with Gasteiger partial charge in [0, 0.05) is 19.1 Å². The van der Waals surface area contributed by atoms with Crippen molar-refractivity contribution in [2.24, 2.45) is 5.73 Å². The second kappa shape index (κ2) is 5.54. The molecule has 1 aromatic rings. The summed E-state index contributed by atoms with van der Waals surface area (Å²) >= 11 is 6.12. The third-order valence-corrected chi connectivity index (χ3v) is 3.50. The van der Waals surface area contributed by atoms with Crippen molar-refractivity contribution in [1.82, 2.24) is 9.78 Å². The largest absolute Gasteiger partial charge is 0.369 e. The quantitative estimate of drug-likeness (QED) is 0.831. The van der Waals surface area contributed by atoms with E-state index in [1.54, 1.807) is 12.3 Å². The van der Waals surface area contributed by atoms with E-state index in [1.807, 2.05) is 0 Å². The van der Waals surface area contributed by atoms with Crippen LogP contribution in [-0.4, -0.2) is 28.9 Å². The van der Waals surface area contributed by atoms with Gasteiger partial charge in [-0.3, -0.25) is 4.79 Å². The highest BCUT2D eigenvalue weighted by Crippen LogP contribution is 2.24. The number of rotatable bonds is 3. The van der Waals surface area contributed by atoms with Gasteiger partial charge in [0.25, 0.3) is 5.56 Å². The zero-order chi connectivity index (χ0) is 13.1. The van der Waals surface area contributed by atoms with Crippen molar-refractivity contribution in [3.63, 3.8) is 0 Å². The lowest BCUT2D eigenvalue weighted by Gasteiger charge is -2.32. The summed E-state index contributed by atoms with van der Waals surface area (Å²) in [5, 5.41) is 4.32. The van der Waals surface area contributed by atoms with Gasteiger partial charge in [-0.05, 0) is 12.8 Å². The van der Waals surface area contributed by atoms with Gasteiger partial charge < -0.3 is 10.6 Å². The van der Waals surface area contributed by atoms with E-state index in [4.69, 9.17) is 17.3 Å². The average molecular weight is 269 g/mol. The van der Waals surface area contributed by atoms with Crippen molar-refractivity contribution in [2.75, 3.05) is 18.0 Å². The molecule has 1 saturated heterocycles. The molecule has 1 fully saturated rings. The van der Waals surface area contributed by atoms with Crippen molar-refractivity contribution < 1.29 is 0 Å². The Morgan fingerprint density at radius 1 is 1.56 bits per heavy atom. The predicted octanol–water partition coefficient (Wildman–Crippen LogP) is 1.01. The Balaban J connectivity index is 2.27. The minimum Gasteiger partial charge on any atom is -0.369 e. The summed E-state index contributed by atoms with van der Waals surface area (Å²) in [7, 11) is 0. The minimum atomic E-state index is -0.274. The van der Waals surface area contributed by atoms with Crippen LogP contribution in [-0.2, 0) is 6.54 Å². The fraction of sp³-hybridized carbons (Fsp3) is 0.500. The number of halogens is 1.